The van der Waals surface area contributed by atoms with Gasteiger partial charge < -0.3 is 4.90 Å². The third-order valence-electron chi connectivity index (χ3n) is 4.20. The van der Waals surface area contributed by atoms with Gasteiger partial charge in [-0.05, 0) is 18.6 Å². The van der Waals surface area contributed by atoms with Crippen LogP contribution in [0.25, 0.3) is 0 Å². The summed E-state index contributed by atoms with van der Waals surface area (Å²) in [4.78, 5) is 17.5. The molecular weight excluding hydrogens is 370 g/mol. The first kappa shape index (κ1) is 18.3. The lowest BCUT2D eigenvalue weighted by Crippen LogP contribution is -2.38. The van der Waals surface area contributed by atoms with Crippen molar-refractivity contribution in [1.29, 1.82) is 0 Å². The third-order valence-corrected chi connectivity index (χ3v) is 7.41. The lowest BCUT2D eigenvalue weighted by Gasteiger charge is -2.24. The van der Waals surface area contributed by atoms with Crippen LogP contribution in [0.15, 0.2) is 23.2 Å². The highest BCUT2D eigenvalue weighted by Crippen LogP contribution is 2.41. The molecule has 0 spiro atoms. The maximum atomic E-state index is 14.3. The van der Waals surface area contributed by atoms with Crippen LogP contribution in [0.4, 0.5) is 14.5 Å². The van der Waals surface area contributed by atoms with Gasteiger partial charge in [0.1, 0.15) is 11.6 Å². The first-order valence-electron chi connectivity index (χ1n) is 8.03. The summed E-state index contributed by atoms with van der Waals surface area (Å²) < 4.78 is 51.4. The third kappa shape index (κ3) is 3.87. The number of hydrogen-bond acceptors (Lipinski definition) is 4. The van der Waals surface area contributed by atoms with Gasteiger partial charge in [0.25, 0.3) is 0 Å². The van der Waals surface area contributed by atoms with E-state index in [1.54, 1.807) is 0 Å². The van der Waals surface area contributed by atoms with Gasteiger partial charge in [0, 0.05) is 17.7 Å². The van der Waals surface area contributed by atoms with E-state index < -0.39 is 27.5 Å². The number of benzene rings is 1. The number of anilines is 1. The first-order chi connectivity index (χ1) is 11.8. The topological polar surface area (TPSA) is 66.8 Å². The van der Waals surface area contributed by atoms with Gasteiger partial charge in [-0.15, -0.1) is 0 Å². The van der Waals surface area contributed by atoms with Gasteiger partial charge in [0.15, 0.2) is 15.0 Å². The number of unbranched alkanes of at least 4 members (excludes halogenated alkanes) is 1. The Balaban J connectivity index is 1.98. The van der Waals surface area contributed by atoms with E-state index in [9.17, 15) is 22.0 Å². The minimum Gasteiger partial charge on any atom is -0.313 e. The molecule has 136 valence electrons. The van der Waals surface area contributed by atoms with Crippen molar-refractivity contribution in [3.8, 4) is 0 Å². The van der Waals surface area contributed by atoms with Crippen LogP contribution in [0.2, 0.25) is 0 Å². The number of amidine groups is 1. The molecule has 1 amide bonds. The number of sulfone groups is 1. The van der Waals surface area contributed by atoms with Crippen LogP contribution in [-0.2, 0) is 14.6 Å². The number of carbonyl (C=O) groups excluding carboxylic acids is 1. The lowest BCUT2D eigenvalue weighted by molar-refractivity contribution is -0.117. The van der Waals surface area contributed by atoms with Crippen molar-refractivity contribution >= 4 is 38.4 Å². The maximum absolute atomic E-state index is 14.3. The Labute approximate surface area is 149 Å². The minimum absolute atomic E-state index is 0.0379. The van der Waals surface area contributed by atoms with E-state index in [0.717, 1.165) is 18.6 Å². The van der Waals surface area contributed by atoms with E-state index >= 15 is 0 Å². The van der Waals surface area contributed by atoms with Gasteiger partial charge in [-0.25, -0.2) is 17.2 Å². The molecule has 1 aromatic rings. The fourth-order valence-corrected chi connectivity index (χ4v) is 6.94. The van der Waals surface area contributed by atoms with E-state index in [1.807, 2.05) is 6.92 Å². The minimum atomic E-state index is -3.23. The summed E-state index contributed by atoms with van der Waals surface area (Å²) in [5.74, 6) is -2.02. The number of aliphatic imine (C=N–C) groups is 1. The number of hydrogen-bond donors (Lipinski definition) is 0. The Bertz CT molecular complexity index is 827. The molecule has 0 unspecified atom stereocenters. The summed E-state index contributed by atoms with van der Waals surface area (Å²) >= 11 is 1.18. The molecule has 0 saturated carbocycles. The highest BCUT2D eigenvalue weighted by molar-refractivity contribution is 8.16. The first-order valence-corrected chi connectivity index (χ1v) is 10.7. The molecule has 1 aromatic carbocycles. The Morgan fingerprint density at radius 3 is 2.80 bits per heavy atom. The normalized spacial score (nSPS) is 26.2. The molecule has 0 bridgehead atoms. The molecule has 2 fully saturated rings. The number of nitrogens with zero attached hydrogens (tertiary/aromatic N) is 2. The second kappa shape index (κ2) is 7.03. The fraction of sp³-hybridized carbons (Fsp3) is 0.500. The van der Waals surface area contributed by atoms with Crippen molar-refractivity contribution in [3.05, 3.63) is 29.8 Å². The SMILES string of the molecule is CCCCC(=O)N=C1S[C@H]2CS(=O)(=O)C[C@H]2N1c1ccc(F)cc1F. The van der Waals surface area contributed by atoms with E-state index in [2.05, 4.69) is 4.99 Å². The summed E-state index contributed by atoms with van der Waals surface area (Å²) in [6, 6.07) is 2.60. The maximum Gasteiger partial charge on any atom is 0.248 e. The molecule has 0 radical (unpaired) electrons. The predicted molar refractivity (Wildman–Crippen MR) is 94.6 cm³/mol. The second-order valence-electron chi connectivity index (χ2n) is 6.16. The molecule has 2 aliphatic rings. The summed E-state index contributed by atoms with van der Waals surface area (Å²) in [5, 5.41) is -0.0244. The molecule has 2 saturated heterocycles. The van der Waals surface area contributed by atoms with Crippen LogP contribution in [0.3, 0.4) is 0 Å². The van der Waals surface area contributed by atoms with Crippen LogP contribution in [-0.4, -0.2) is 42.3 Å². The number of rotatable bonds is 4. The van der Waals surface area contributed by atoms with Crippen LogP contribution in [0.5, 0.6) is 0 Å². The van der Waals surface area contributed by atoms with Crippen LogP contribution in [0.1, 0.15) is 26.2 Å². The van der Waals surface area contributed by atoms with Gasteiger partial charge in [0.05, 0.1) is 23.2 Å². The van der Waals surface area contributed by atoms with Gasteiger partial charge >= 0.3 is 0 Å². The number of amides is 1. The quantitative estimate of drug-likeness (QED) is 0.794. The Hall–Kier alpha value is -1.48. The van der Waals surface area contributed by atoms with E-state index in [0.29, 0.717) is 6.42 Å². The average molecular weight is 388 g/mol. The lowest BCUT2D eigenvalue weighted by atomic mass is 10.2. The molecule has 0 aliphatic carbocycles. The van der Waals surface area contributed by atoms with Gasteiger partial charge in [0.2, 0.25) is 5.91 Å². The summed E-state index contributed by atoms with van der Waals surface area (Å²) in [6.45, 7) is 1.96. The van der Waals surface area contributed by atoms with Gasteiger partial charge in [-0.3, -0.25) is 4.79 Å². The largest absolute Gasteiger partial charge is 0.313 e. The number of halogens is 2. The van der Waals surface area contributed by atoms with Crippen LogP contribution < -0.4 is 4.90 Å². The van der Waals surface area contributed by atoms with E-state index in [-0.39, 0.29) is 39.9 Å². The van der Waals surface area contributed by atoms with Crippen molar-refractivity contribution < 1.29 is 22.0 Å². The summed E-state index contributed by atoms with van der Waals surface area (Å²) in [5.41, 5.74) is 0.0422. The second-order valence-corrected chi connectivity index (χ2v) is 9.52. The zero-order valence-electron chi connectivity index (χ0n) is 13.6. The summed E-state index contributed by atoms with van der Waals surface area (Å²) in [7, 11) is -3.23. The van der Waals surface area contributed by atoms with Crippen molar-refractivity contribution in [2.24, 2.45) is 4.99 Å². The summed E-state index contributed by atoms with van der Waals surface area (Å²) in [6.07, 6.45) is 1.84. The van der Waals surface area contributed by atoms with E-state index in [1.165, 1.54) is 22.7 Å². The van der Waals surface area contributed by atoms with Crippen LogP contribution >= 0.6 is 11.8 Å². The Kier molecular flexibility index (Phi) is 5.15. The molecule has 3 rings (SSSR count). The Morgan fingerprint density at radius 2 is 2.12 bits per heavy atom. The molecule has 5 nitrogen and oxygen atoms in total. The fourth-order valence-electron chi connectivity index (χ4n) is 3.01. The monoisotopic (exact) mass is 388 g/mol. The van der Waals surface area contributed by atoms with Gasteiger partial charge in [-0.2, -0.15) is 4.99 Å². The van der Waals surface area contributed by atoms with E-state index in [4.69, 9.17) is 0 Å². The molecule has 2 aliphatic heterocycles. The Morgan fingerprint density at radius 1 is 1.36 bits per heavy atom. The molecule has 2 atom stereocenters. The number of carbonyl (C=O) groups is 1. The molecule has 0 aromatic heterocycles. The molecule has 0 N–H and O–H groups in total. The smallest absolute Gasteiger partial charge is 0.248 e. The molecule has 9 heteroatoms. The van der Waals surface area contributed by atoms with Crippen molar-refractivity contribution in [2.45, 2.75) is 37.5 Å². The number of fused-ring (bicyclic) bond motifs is 1. The zero-order chi connectivity index (χ0) is 18.2. The van der Waals surface area contributed by atoms with Crippen molar-refractivity contribution in [1.82, 2.24) is 0 Å². The highest BCUT2D eigenvalue weighted by atomic mass is 32.2. The van der Waals surface area contributed by atoms with Crippen molar-refractivity contribution in [2.75, 3.05) is 16.4 Å². The number of thioether (sulfide) groups is 1. The zero-order valence-corrected chi connectivity index (χ0v) is 15.2. The predicted octanol–water partition coefficient (Wildman–Crippen LogP) is 2.76. The average Bonchev–Trinajstić information content (AvgIpc) is 2.97. The van der Waals surface area contributed by atoms with Gasteiger partial charge in [-0.1, -0.05) is 25.1 Å². The molecule has 2 heterocycles. The highest BCUT2D eigenvalue weighted by Gasteiger charge is 2.49. The molecule has 25 heavy (non-hydrogen) atoms. The van der Waals surface area contributed by atoms with Crippen molar-refractivity contribution in [3.63, 3.8) is 0 Å². The standard InChI is InChI=1S/C16H18F2N2O3S2/c1-2-3-4-15(21)19-16-20(12-6-5-10(17)7-11(12)18)13-8-25(22,23)9-14(13)24-16/h5-7,13-14H,2-4,8-9H2,1H3/t13-,14+/m1/s1. The molecular formula is C16H18F2N2O3S2. The van der Waals surface area contributed by atoms with Crippen LogP contribution in [0, 0.1) is 11.6 Å².